The maximum absolute atomic E-state index is 12.1. The summed E-state index contributed by atoms with van der Waals surface area (Å²) in [7, 11) is -0.767. The van der Waals surface area contributed by atoms with Crippen molar-refractivity contribution in [2.24, 2.45) is 0 Å². The summed E-state index contributed by atoms with van der Waals surface area (Å²) < 4.78 is 22.3. The Morgan fingerprint density at radius 1 is 1.00 bits per heavy atom. The van der Waals surface area contributed by atoms with Crippen LogP contribution in [0.5, 0.6) is 0 Å². The van der Waals surface area contributed by atoms with Gasteiger partial charge in [0.15, 0.2) is 0 Å². The highest BCUT2D eigenvalue weighted by Gasteiger charge is 2.52. The Kier molecular flexibility index (Phi) is 6.49. The first-order valence-corrected chi connectivity index (χ1v) is 9.13. The number of hydrogen-bond acceptors (Lipinski definition) is 6. The third kappa shape index (κ3) is 4.79. The van der Waals surface area contributed by atoms with Gasteiger partial charge in [-0.05, 0) is 64.7 Å². The minimum Gasteiger partial charge on any atom is -0.463 e. The molecule has 0 atom stereocenters. The van der Waals surface area contributed by atoms with E-state index in [1.54, 1.807) is 38.1 Å². The van der Waals surface area contributed by atoms with Gasteiger partial charge in [-0.1, -0.05) is 12.1 Å². The van der Waals surface area contributed by atoms with Crippen molar-refractivity contribution in [1.82, 2.24) is 0 Å². The Morgan fingerprint density at radius 2 is 1.56 bits per heavy atom. The smallest absolute Gasteiger partial charge is 0.463 e. The molecule has 0 unspecified atom stereocenters. The van der Waals surface area contributed by atoms with Crippen molar-refractivity contribution in [3.8, 4) is 0 Å². The minimum atomic E-state index is -0.767. The van der Waals surface area contributed by atoms with Crippen molar-refractivity contribution in [2.45, 2.75) is 52.7 Å². The fourth-order valence-corrected chi connectivity index (χ4v) is 2.61. The first-order valence-electron chi connectivity index (χ1n) is 9.13. The Hall–Kier alpha value is -2.12. The molecule has 6 nitrogen and oxygen atoms in total. The largest absolute Gasteiger partial charge is 0.495 e. The molecule has 1 aromatic rings. The zero-order chi connectivity index (χ0) is 20.2. The molecule has 146 valence electrons. The summed E-state index contributed by atoms with van der Waals surface area (Å²) in [5, 5.41) is 0. The van der Waals surface area contributed by atoms with Gasteiger partial charge < -0.3 is 18.8 Å². The molecular formula is C20H27BO6. The van der Waals surface area contributed by atoms with Crippen LogP contribution in [-0.4, -0.2) is 43.5 Å². The van der Waals surface area contributed by atoms with Crippen LogP contribution in [0, 0.1) is 0 Å². The predicted octanol–water partition coefficient (Wildman–Crippen LogP) is 3.44. The summed E-state index contributed by atoms with van der Waals surface area (Å²) in [6.07, 6.45) is 1.36. The molecule has 0 aliphatic carbocycles. The van der Waals surface area contributed by atoms with Gasteiger partial charge in [-0.15, -0.1) is 0 Å². The van der Waals surface area contributed by atoms with Gasteiger partial charge in [-0.2, -0.15) is 0 Å². The van der Waals surface area contributed by atoms with E-state index in [1.165, 1.54) is 6.08 Å². The van der Waals surface area contributed by atoms with E-state index in [0.717, 1.165) is 0 Å². The SMILES string of the molecule is CCOC(=O)/C=C(\B1OC(C)(C)C(C)(C)O1)c1cccc(C(=O)OCC)c1. The van der Waals surface area contributed by atoms with Crippen LogP contribution in [0.15, 0.2) is 30.3 Å². The summed E-state index contributed by atoms with van der Waals surface area (Å²) in [4.78, 5) is 24.2. The summed E-state index contributed by atoms with van der Waals surface area (Å²) in [5.74, 6) is -0.924. The summed E-state index contributed by atoms with van der Waals surface area (Å²) in [5.41, 5.74) is 0.389. The second-order valence-electron chi connectivity index (χ2n) is 7.24. The quantitative estimate of drug-likeness (QED) is 0.432. The molecule has 0 saturated carbocycles. The van der Waals surface area contributed by atoms with Crippen molar-refractivity contribution < 1.29 is 28.4 Å². The third-order valence-electron chi connectivity index (χ3n) is 4.77. The Balaban J connectivity index is 2.45. The van der Waals surface area contributed by atoms with Crippen LogP contribution in [0.1, 0.15) is 57.5 Å². The number of hydrogen-bond donors (Lipinski definition) is 0. The zero-order valence-corrected chi connectivity index (χ0v) is 16.8. The van der Waals surface area contributed by atoms with Crippen molar-refractivity contribution in [1.29, 1.82) is 0 Å². The van der Waals surface area contributed by atoms with Crippen molar-refractivity contribution in [3.05, 3.63) is 41.5 Å². The maximum atomic E-state index is 12.1. The first-order chi connectivity index (χ1) is 12.6. The van der Waals surface area contributed by atoms with Gasteiger partial charge in [0, 0.05) is 6.08 Å². The summed E-state index contributed by atoms with van der Waals surface area (Å²) >= 11 is 0. The molecule has 27 heavy (non-hydrogen) atoms. The van der Waals surface area contributed by atoms with Gasteiger partial charge in [0.25, 0.3) is 0 Å². The molecule has 1 aliphatic heterocycles. The molecule has 1 aliphatic rings. The molecule has 0 amide bonds. The van der Waals surface area contributed by atoms with E-state index in [0.29, 0.717) is 16.6 Å². The summed E-state index contributed by atoms with van der Waals surface area (Å²) in [6, 6.07) is 6.84. The lowest BCUT2D eigenvalue weighted by Gasteiger charge is -2.32. The number of benzene rings is 1. The van der Waals surface area contributed by atoms with E-state index < -0.39 is 30.3 Å². The second kappa shape index (κ2) is 8.27. The highest BCUT2D eigenvalue weighted by Crippen LogP contribution is 2.40. The summed E-state index contributed by atoms with van der Waals surface area (Å²) in [6.45, 7) is 11.8. The van der Waals surface area contributed by atoms with Crippen molar-refractivity contribution in [3.63, 3.8) is 0 Å². The average Bonchev–Trinajstić information content (AvgIpc) is 2.81. The molecule has 0 spiro atoms. The van der Waals surface area contributed by atoms with Gasteiger partial charge in [0.2, 0.25) is 0 Å². The first kappa shape index (κ1) is 21.2. The Labute approximate surface area is 161 Å². The molecule has 2 rings (SSSR count). The normalized spacial score (nSPS) is 18.3. The lowest BCUT2D eigenvalue weighted by molar-refractivity contribution is -0.137. The number of carbonyl (C=O) groups excluding carboxylic acids is 2. The van der Waals surface area contributed by atoms with Crippen LogP contribution in [0.3, 0.4) is 0 Å². The van der Waals surface area contributed by atoms with Crippen LogP contribution >= 0.6 is 0 Å². The van der Waals surface area contributed by atoms with Crippen LogP contribution < -0.4 is 0 Å². The fourth-order valence-electron chi connectivity index (χ4n) is 2.61. The monoisotopic (exact) mass is 374 g/mol. The predicted molar refractivity (Wildman–Crippen MR) is 103 cm³/mol. The second-order valence-corrected chi connectivity index (χ2v) is 7.24. The van der Waals surface area contributed by atoms with E-state index in [-0.39, 0.29) is 13.2 Å². The van der Waals surface area contributed by atoms with E-state index in [2.05, 4.69) is 0 Å². The van der Waals surface area contributed by atoms with Gasteiger partial charge in [-0.3, -0.25) is 0 Å². The number of carbonyl (C=O) groups is 2. The van der Waals surface area contributed by atoms with Crippen LogP contribution in [0.4, 0.5) is 0 Å². The van der Waals surface area contributed by atoms with E-state index in [4.69, 9.17) is 18.8 Å². The lowest BCUT2D eigenvalue weighted by atomic mass is 9.73. The third-order valence-corrected chi connectivity index (χ3v) is 4.77. The standard InChI is InChI=1S/C20H27BO6/c1-7-24-17(22)13-16(21-26-19(3,4)20(5,6)27-21)14-10-9-11-15(12-14)18(23)25-8-2/h9-13H,7-8H2,1-6H3/b16-13-. The zero-order valence-electron chi connectivity index (χ0n) is 16.8. The number of ether oxygens (including phenoxy) is 2. The van der Waals surface area contributed by atoms with E-state index in [9.17, 15) is 9.59 Å². The van der Waals surface area contributed by atoms with Crippen LogP contribution in [0.25, 0.3) is 5.47 Å². The van der Waals surface area contributed by atoms with Crippen LogP contribution in [-0.2, 0) is 23.6 Å². The van der Waals surface area contributed by atoms with Gasteiger partial charge >= 0.3 is 19.1 Å². The van der Waals surface area contributed by atoms with Gasteiger partial charge in [0.1, 0.15) is 0 Å². The average molecular weight is 374 g/mol. The number of rotatable bonds is 6. The maximum Gasteiger partial charge on any atom is 0.495 e. The number of esters is 2. The lowest BCUT2D eigenvalue weighted by Crippen LogP contribution is -2.41. The Morgan fingerprint density at radius 3 is 2.11 bits per heavy atom. The molecule has 1 heterocycles. The molecule has 7 heteroatoms. The molecule has 0 bridgehead atoms. The molecule has 1 aromatic carbocycles. The molecule has 1 fully saturated rings. The van der Waals surface area contributed by atoms with Gasteiger partial charge in [-0.25, -0.2) is 9.59 Å². The van der Waals surface area contributed by atoms with E-state index in [1.807, 2.05) is 27.7 Å². The van der Waals surface area contributed by atoms with Crippen molar-refractivity contribution in [2.75, 3.05) is 13.2 Å². The topological polar surface area (TPSA) is 71.1 Å². The highest BCUT2D eigenvalue weighted by atomic mass is 16.7. The molecule has 0 radical (unpaired) electrons. The fraction of sp³-hybridized carbons (Fsp3) is 0.500. The molecule has 0 aromatic heterocycles. The minimum absolute atomic E-state index is 0.259. The molecule has 1 saturated heterocycles. The molecular weight excluding hydrogens is 347 g/mol. The highest BCUT2D eigenvalue weighted by molar-refractivity contribution is 6.69. The van der Waals surface area contributed by atoms with Gasteiger partial charge in [0.05, 0.1) is 30.0 Å². The van der Waals surface area contributed by atoms with Crippen molar-refractivity contribution >= 4 is 24.5 Å². The van der Waals surface area contributed by atoms with Crippen LogP contribution in [0.2, 0.25) is 0 Å². The Bertz CT molecular complexity index is 722. The molecule has 0 N–H and O–H groups in total. The van der Waals surface area contributed by atoms with E-state index >= 15 is 0 Å².